The summed E-state index contributed by atoms with van der Waals surface area (Å²) >= 11 is 0. The first-order valence-electron chi connectivity index (χ1n) is 9.96. The van der Waals surface area contributed by atoms with Crippen molar-refractivity contribution < 1.29 is 28.9 Å². The molecular weight excluding hydrogens is 399 g/mol. The van der Waals surface area contributed by atoms with Gasteiger partial charge in [-0.3, -0.25) is 0 Å². The highest BCUT2D eigenvalue weighted by atomic mass is 19.1. The molecule has 162 valence electrons. The number of benzene rings is 3. The molecule has 0 aliphatic rings. The van der Waals surface area contributed by atoms with Gasteiger partial charge in [0.15, 0.2) is 0 Å². The van der Waals surface area contributed by atoms with Crippen LogP contribution in [-0.2, 0) is 6.61 Å². The van der Waals surface area contributed by atoms with Crippen LogP contribution < -0.4 is 9.47 Å². The molecule has 3 aromatic carbocycles. The monoisotopic (exact) mass is 424 g/mol. The molecule has 5 nitrogen and oxygen atoms in total. The summed E-state index contributed by atoms with van der Waals surface area (Å²) in [6, 6.07) is 17.9. The van der Waals surface area contributed by atoms with E-state index in [0.717, 1.165) is 5.56 Å². The molecule has 0 spiro atoms. The second kappa shape index (κ2) is 10.2. The molecule has 0 heterocycles. The second-order valence-electron chi connectivity index (χ2n) is 7.22. The normalized spacial score (nSPS) is 10.9. The molecule has 3 aromatic rings. The van der Waals surface area contributed by atoms with Gasteiger partial charge in [-0.1, -0.05) is 48.5 Å². The number of ether oxygens (including phenoxy) is 2. The maximum atomic E-state index is 15.3. The maximum absolute atomic E-state index is 15.3. The molecular formula is C25H25FO5. The number of esters is 1. The summed E-state index contributed by atoms with van der Waals surface area (Å²) in [5, 5.41) is 19.3. The van der Waals surface area contributed by atoms with E-state index in [1.807, 2.05) is 30.3 Å². The van der Waals surface area contributed by atoms with Crippen molar-refractivity contribution >= 4 is 5.97 Å². The van der Waals surface area contributed by atoms with Crippen LogP contribution in [0.15, 0.2) is 60.7 Å². The minimum atomic E-state index is -0.836. The van der Waals surface area contributed by atoms with Gasteiger partial charge < -0.3 is 19.7 Å². The Balaban J connectivity index is 2.09. The third-order valence-corrected chi connectivity index (χ3v) is 5.15. The first-order valence-corrected chi connectivity index (χ1v) is 9.96. The number of aliphatic hydroxyl groups is 2. The van der Waals surface area contributed by atoms with E-state index in [-0.39, 0.29) is 29.0 Å². The standard InChI is InChI=1S/C25H25FO5/c1-16-22(25(29)31-20-11-7-4-8-12-20)24(30-15-18-9-5-3-6-10-18)17(2)21(23(16)26)19(13-27)14-28/h3-12,19,27-28H,13-15H2,1-2H3. The third-order valence-electron chi connectivity index (χ3n) is 5.15. The number of aliphatic hydroxyl groups excluding tert-OH is 2. The predicted octanol–water partition coefficient (Wildman–Crippen LogP) is 4.31. The highest BCUT2D eigenvalue weighted by molar-refractivity contribution is 5.96. The van der Waals surface area contributed by atoms with Gasteiger partial charge in [-0.05, 0) is 37.1 Å². The molecule has 3 rings (SSSR count). The van der Waals surface area contributed by atoms with Crippen LogP contribution in [0.25, 0.3) is 0 Å². The minimum absolute atomic E-state index is 0.0202. The lowest BCUT2D eigenvalue weighted by molar-refractivity contribution is 0.0728. The van der Waals surface area contributed by atoms with Gasteiger partial charge in [-0.15, -0.1) is 0 Å². The molecule has 0 bridgehead atoms. The number of hydrogen-bond acceptors (Lipinski definition) is 5. The Morgan fingerprint density at radius 3 is 2.10 bits per heavy atom. The molecule has 0 radical (unpaired) electrons. The van der Waals surface area contributed by atoms with Crippen LogP contribution >= 0.6 is 0 Å². The highest BCUT2D eigenvalue weighted by Crippen LogP contribution is 2.37. The molecule has 0 saturated carbocycles. The molecule has 0 amide bonds. The highest BCUT2D eigenvalue weighted by Gasteiger charge is 2.29. The molecule has 0 atom stereocenters. The first-order chi connectivity index (χ1) is 15.0. The van der Waals surface area contributed by atoms with Crippen LogP contribution in [0.3, 0.4) is 0 Å². The van der Waals surface area contributed by atoms with Crippen molar-refractivity contribution in [1.82, 2.24) is 0 Å². The summed E-state index contributed by atoms with van der Waals surface area (Å²) in [6.07, 6.45) is 0. The van der Waals surface area contributed by atoms with Crippen molar-refractivity contribution in [2.75, 3.05) is 13.2 Å². The Bertz CT molecular complexity index is 1030. The van der Waals surface area contributed by atoms with Gasteiger partial charge in [-0.2, -0.15) is 0 Å². The second-order valence-corrected chi connectivity index (χ2v) is 7.22. The van der Waals surface area contributed by atoms with Gasteiger partial charge in [0.1, 0.15) is 29.5 Å². The van der Waals surface area contributed by atoms with Gasteiger partial charge >= 0.3 is 5.97 Å². The maximum Gasteiger partial charge on any atom is 0.347 e. The summed E-state index contributed by atoms with van der Waals surface area (Å²) in [4.78, 5) is 13.0. The van der Waals surface area contributed by atoms with Gasteiger partial charge in [0.2, 0.25) is 0 Å². The zero-order valence-corrected chi connectivity index (χ0v) is 17.5. The van der Waals surface area contributed by atoms with Crippen LogP contribution in [0.4, 0.5) is 4.39 Å². The number of halogens is 1. The Labute approximate surface area is 180 Å². The van der Waals surface area contributed by atoms with E-state index in [9.17, 15) is 15.0 Å². The van der Waals surface area contributed by atoms with E-state index in [0.29, 0.717) is 11.3 Å². The fraction of sp³-hybridized carbons (Fsp3) is 0.240. The Morgan fingerprint density at radius 2 is 1.52 bits per heavy atom. The van der Waals surface area contributed by atoms with Crippen LogP contribution in [0.5, 0.6) is 11.5 Å². The Morgan fingerprint density at radius 1 is 0.935 bits per heavy atom. The van der Waals surface area contributed by atoms with E-state index >= 15 is 4.39 Å². The molecule has 31 heavy (non-hydrogen) atoms. The number of rotatable bonds is 8. The predicted molar refractivity (Wildman–Crippen MR) is 115 cm³/mol. The van der Waals surface area contributed by atoms with Gasteiger partial charge in [-0.25, -0.2) is 9.18 Å². The van der Waals surface area contributed by atoms with Crippen molar-refractivity contribution in [1.29, 1.82) is 0 Å². The summed E-state index contributed by atoms with van der Waals surface area (Å²) < 4.78 is 26.8. The Hall–Kier alpha value is -3.22. The van der Waals surface area contributed by atoms with Crippen molar-refractivity contribution in [3.05, 3.63) is 94.3 Å². The zero-order valence-electron chi connectivity index (χ0n) is 17.5. The van der Waals surface area contributed by atoms with Crippen LogP contribution in [0.2, 0.25) is 0 Å². The number of hydrogen-bond donors (Lipinski definition) is 2. The van der Waals surface area contributed by atoms with Crippen LogP contribution in [0, 0.1) is 19.7 Å². The fourth-order valence-corrected chi connectivity index (χ4v) is 3.48. The first kappa shape index (κ1) is 22.5. The average molecular weight is 424 g/mol. The summed E-state index contributed by atoms with van der Waals surface area (Å²) in [5.41, 5.74) is 1.35. The van der Waals surface area contributed by atoms with E-state index in [4.69, 9.17) is 9.47 Å². The number of carbonyl (C=O) groups is 1. The van der Waals surface area contributed by atoms with Crippen LogP contribution in [0.1, 0.15) is 38.5 Å². The molecule has 0 unspecified atom stereocenters. The van der Waals surface area contributed by atoms with E-state index in [1.54, 1.807) is 37.3 Å². The van der Waals surface area contributed by atoms with Gasteiger partial charge in [0.25, 0.3) is 0 Å². The largest absolute Gasteiger partial charge is 0.488 e. The Kier molecular flexibility index (Phi) is 7.39. The minimum Gasteiger partial charge on any atom is -0.488 e. The molecule has 0 aliphatic carbocycles. The molecule has 0 aromatic heterocycles. The lowest BCUT2D eigenvalue weighted by Gasteiger charge is -2.23. The topological polar surface area (TPSA) is 76.0 Å². The molecule has 2 N–H and O–H groups in total. The van der Waals surface area contributed by atoms with Crippen molar-refractivity contribution in [3.63, 3.8) is 0 Å². The summed E-state index contributed by atoms with van der Waals surface area (Å²) in [5.74, 6) is -1.75. The van der Waals surface area contributed by atoms with Crippen molar-refractivity contribution in [3.8, 4) is 11.5 Å². The van der Waals surface area contributed by atoms with Crippen molar-refractivity contribution in [2.24, 2.45) is 0 Å². The lowest BCUT2D eigenvalue weighted by atomic mass is 9.89. The van der Waals surface area contributed by atoms with E-state index in [2.05, 4.69) is 0 Å². The summed E-state index contributed by atoms with van der Waals surface area (Å²) in [7, 11) is 0. The lowest BCUT2D eigenvalue weighted by Crippen LogP contribution is -2.20. The van der Waals surface area contributed by atoms with Crippen molar-refractivity contribution in [2.45, 2.75) is 26.4 Å². The number of para-hydroxylation sites is 1. The molecule has 0 saturated heterocycles. The van der Waals surface area contributed by atoms with E-state index in [1.165, 1.54) is 6.92 Å². The smallest absolute Gasteiger partial charge is 0.347 e. The van der Waals surface area contributed by atoms with Gasteiger partial charge in [0, 0.05) is 17.0 Å². The average Bonchev–Trinajstić information content (AvgIpc) is 2.79. The number of carbonyl (C=O) groups excluding carboxylic acids is 1. The molecule has 0 aliphatic heterocycles. The third kappa shape index (κ3) is 4.93. The van der Waals surface area contributed by atoms with Gasteiger partial charge in [0.05, 0.1) is 13.2 Å². The summed E-state index contributed by atoms with van der Waals surface area (Å²) in [6.45, 7) is 2.33. The SMILES string of the molecule is Cc1c(F)c(C(CO)CO)c(C)c(OCc2ccccc2)c1C(=O)Oc1ccccc1. The molecule has 6 heteroatoms. The molecule has 0 fully saturated rings. The van der Waals surface area contributed by atoms with E-state index < -0.39 is 30.9 Å². The zero-order chi connectivity index (χ0) is 22.4. The van der Waals surface area contributed by atoms with Crippen LogP contribution in [-0.4, -0.2) is 29.4 Å². The quantitative estimate of drug-likeness (QED) is 0.416. The fourth-order valence-electron chi connectivity index (χ4n) is 3.48.